The second kappa shape index (κ2) is 8.06. The number of hydrogen-bond donors (Lipinski definition) is 1. The van der Waals surface area contributed by atoms with Gasteiger partial charge in [-0.2, -0.15) is 5.10 Å². The molecule has 31 heavy (non-hydrogen) atoms. The Labute approximate surface area is 179 Å². The maximum atomic E-state index is 13.2. The number of carbonyl (C=O) groups excluding carboxylic acids is 1. The van der Waals surface area contributed by atoms with Gasteiger partial charge in [-0.25, -0.2) is 19.7 Å². The Kier molecular flexibility index (Phi) is 5.29. The molecule has 1 N–H and O–H groups in total. The lowest BCUT2D eigenvalue weighted by atomic mass is 10.2. The molecule has 0 bridgehead atoms. The third-order valence-corrected chi connectivity index (χ3v) is 4.46. The summed E-state index contributed by atoms with van der Waals surface area (Å²) >= 11 is 0. The van der Waals surface area contributed by atoms with Crippen LogP contribution < -0.4 is 9.64 Å². The van der Waals surface area contributed by atoms with Crippen LogP contribution >= 0.6 is 0 Å². The lowest BCUT2D eigenvalue weighted by Gasteiger charge is -2.27. The van der Waals surface area contributed by atoms with Crippen LogP contribution in [0.5, 0.6) is 5.75 Å². The highest BCUT2D eigenvalue weighted by Crippen LogP contribution is 2.30. The van der Waals surface area contributed by atoms with Crippen LogP contribution in [0.2, 0.25) is 0 Å². The largest absolute Gasteiger partial charge is 0.497 e. The van der Waals surface area contributed by atoms with E-state index in [9.17, 15) is 4.79 Å². The Morgan fingerprint density at radius 2 is 1.94 bits per heavy atom. The summed E-state index contributed by atoms with van der Waals surface area (Å²) in [5, 5.41) is 7.83. The molecule has 2 aromatic heterocycles. The maximum absolute atomic E-state index is 13.2. The number of carbonyl (C=O) groups is 1. The minimum Gasteiger partial charge on any atom is -0.497 e. The van der Waals surface area contributed by atoms with E-state index in [0.717, 1.165) is 16.5 Å². The van der Waals surface area contributed by atoms with Crippen LogP contribution in [-0.4, -0.2) is 39.0 Å². The zero-order valence-electron chi connectivity index (χ0n) is 17.8. The number of nitrogens with one attached hydrogen (secondary N) is 1. The van der Waals surface area contributed by atoms with E-state index in [2.05, 4.69) is 20.2 Å². The summed E-state index contributed by atoms with van der Waals surface area (Å²) in [5.41, 5.74) is 1.58. The van der Waals surface area contributed by atoms with Crippen molar-refractivity contribution in [2.75, 3.05) is 12.0 Å². The summed E-state index contributed by atoms with van der Waals surface area (Å²) in [4.78, 5) is 23.6. The molecule has 0 fully saturated rings. The van der Waals surface area contributed by atoms with E-state index in [1.807, 2.05) is 63.2 Å². The van der Waals surface area contributed by atoms with E-state index < -0.39 is 11.7 Å². The molecule has 4 aromatic rings. The fourth-order valence-electron chi connectivity index (χ4n) is 3.08. The SMILES string of the molecule is COc1cccc(-c2nccc(N(C(=O)OC(C)(C)C)c3ccc4[nH]ncc4c3)n2)c1. The van der Waals surface area contributed by atoms with Crippen LogP contribution in [0.1, 0.15) is 20.8 Å². The minimum atomic E-state index is -0.669. The number of aromatic amines is 1. The highest BCUT2D eigenvalue weighted by molar-refractivity contribution is 5.97. The molecule has 4 rings (SSSR count). The molecule has 0 aliphatic carbocycles. The molecule has 0 atom stereocenters. The fourth-order valence-corrected chi connectivity index (χ4v) is 3.08. The minimum absolute atomic E-state index is 0.393. The van der Waals surface area contributed by atoms with Crippen molar-refractivity contribution in [3.8, 4) is 17.1 Å². The number of amides is 1. The second-order valence-electron chi connectivity index (χ2n) is 7.93. The van der Waals surface area contributed by atoms with E-state index in [0.29, 0.717) is 23.1 Å². The normalized spacial score (nSPS) is 11.4. The van der Waals surface area contributed by atoms with Crippen LogP contribution in [0.4, 0.5) is 16.3 Å². The van der Waals surface area contributed by atoms with Gasteiger partial charge in [0.15, 0.2) is 5.82 Å². The summed E-state index contributed by atoms with van der Waals surface area (Å²) in [6.07, 6.45) is 2.78. The van der Waals surface area contributed by atoms with Crippen molar-refractivity contribution in [2.45, 2.75) is 26.4 Å². The number of ether oxygens (including phenoxy) is 2. The van der Waals surface area contributed by atoms with Crippen LogP contribution in [-0.2, 0) is 4.74 Å². The monoisotopic (exact) mass is 417 g/mol. The topological polar surface area (TPSA) is 93.2 Å². The molecular formula is C23H23N5O3. The van der Waals surface area contributed by atoms with Gasteiger partial charge in [0.1, 0.15) is 17.2 Å². The maximum Gasteiger partial charge on any atom is 0.420 e. The van der Waals surface area contributed by atoms with Gasteiger partial charge in [-0.05, 0) is 57.2 Å². The van der Waals surface area contributed by atoms with Gasteiger partial charge in [0.05, 0.1) is 24.5 Å². The van der Waals surface area contributed by atoms with Gasteiger partial charge in [0.25, 0.3) is 0 Å². The first-order valence-electron chi connectivity index (χ1n) is 9.78. The third-order valence-electron chi connectivity index (χ3n) is 4.46. The number of H-pyrrole nitrogens is 1. The Morgan fingerprint density at radius 3 is 2.71 bits per heavy atom. The number of methoxy groups -OCH3 is 1. The number of rotatable bonds is 4. The first-order valence-corrected chi connectivity index (χ1v) is 9.78. The number of fused-ring (bicyclic) bond motifs is 1. The average Bonchev–Trinajstić information content (AvgIpc) is 3.21. The van der Waals surface area contributed by atoms with Crippen LogP contribution in [0.15, 0.2) is 60.9 Å². The van der Waals surface area contributed by atoms with Crippen molar-refractivity contribution in [1.29, 1.82) is 0 Å². The van der Waals surface area contributed by atoms with Crippen LogP contribution in [0, 0.1) is 0 Å². The second-order valence-corrected chi connectivity index (χ2v) is 7.93. The summed E-state index contributed by atoms with van der Waals surface area (Å²) in [6, 6.07) is 14.6. The van der Waals surface area contributed by atoms with Crippen LogP contribution in [0.3, 0.4) is 0 Å². The van der Waals surface area contributed by atoms with Gasteiger partial charge in [-0.15, -0.1) is 0 Å². The molecule has 0 saturated heterocycles. The molecule has 0 aliphatic heterocycles. The van der Waals surface area contributed by atoms with Gasteiger partial charge in [-0.1, -0.05) is 12.1 Å². The van der Waals surface area contributed by atoms with E-state index in [1.54, 1.807) is 25.6 Å². The van der Waals surface area contributed by atoms with Crippen molar-refractivity contribution in [1.82, 2.24) is 20.2 Å². The fraction of sp³-hybridized carbons (Fsp3) is 0.217. The summed E-state index contributed by atoms with van der Waals surface area (Å²) < 4.78 is 11.0. The van der Waals surface area contributed by atoms with E-state index in [-0.39, 0.29) is 0 Å². The van der Waals surface area contributed by atoms with E-state index >= 15 is 0 Å². The van der Waals surface area contributed by atoms with Gasteiger partial charge in [-0.3, -0.25) is 5.10 Å². The predicted octanol–water partition coefficient (Wildman–Crippen LogP) is 5.10. The zero-order chi connectivity index (χ0) is 22.0. The smallest absolute Gasteiger partial charge is 0.420 e. The van der Waals surface area contributed by atoms with E-state index in [1.165, 1.54) is 4.90 Å². The van der Waals surface area contributed by atoms with Crippen molar-refractivity contribution in [3.05, 3.63) is 60.9 Å². The number of hydrogen-bond acceptors (Lipinski definition) is 6. The zero-order valence-corrected chi connectivity index (χ0v) is 17.8. The molecular weight excluding hydrogens is 394 g/mol. The Hall–Kier alpha value is -3.94. The summed E-state index contributed by atoms with van der Waals surface area (Å²) in [6.45, 7) is 5.47. The lowest BCUT2D eigenvalue weighted by Crippen LogP contribution is -2.34. The predicted molar refractivity (Wildman–Crippen MR) is 118 cm³/mol. The number of aromatic nitrogens is 4. The molecule has 8 heteroatoms. The number of nitrogens with zero attached hydrogens (tertiary/aromatic N) is 4. The third kappa shape index (κ3) is 4.48. The Bertz CT molecular complexity index is 1230. The molecule has 2 aromatic carbocycles. The molecule has 158 valence electrons. The molecule has 0 radical (unpaired) electrons. The van der Waals surface area contributed by atoms with E-state index in [4.69, 9.17) is 9.47 Å². The first kappa shape index (κ1) is 20.3. The molecule has 1 amide bonds. The highest BCUT2D eigenvalue weighted by atomic mass is 16.6. The average molecular weight is 417 g/mol. The van der Waals surface area contributed by atoms with Gasteiger partial charge in [0, 0.05) is 17.1 Å². The molecule has 8 nitrogen and oxygen atoms in total. The molecule has 0 unspecified atom stereocenters. The lowest BCUT2D eigenvalue weighted by molar-refractivity contribution is 0.0598. The van der Waals surface area contributed by atoms with Gasteiger partial charge < -0.3 is 9.47 Å². The van der Waals surface area contributed by atoms with Crippen LogP contribution in [0.25, 0.3) is 22.3 Å². The van der Waals surface area contributed by atoms with Crippen molar-refractivity contribution >= 4 is 28.5 Å². The summed E-state index contributed by atoms with van der Waals surface area (Å²) in [7, 11) is 1.60. The van der Waals surface area contributed by atoms with Gasteiger partial charge >= 0.3 is 6.09 Å². The molecule has 2 heterocycles. The molecule has 0 saturated carbocycles. The molecule has 0 spiro atoms. The highest BCUT2D eigenvalue weighted by Gasteiger charge is 2.26. The Morgan fingerprint density at radius 1 is 1.10 bits per heavy atom. The Balaban J connectivity index is 1.80. The standard InChI is InChI=1S/C23H23N5O3/c1-23(2,3)31-22(29)28(17-8-9-19-16(12-17)14-25-27-19)20-10-11-24-21(26-20)15-6-5-7-18(13-15)30-4/h5-14H,1-4H3,(H,25,27). The number of benzene rings is 2. The van der Waals surface area contributed by atoms with Crippen molar-refractivity contribution in [2.24, 2.45) is 0 Å². The van der Waals surface area contributed by atoms with Crippen molar-refractivity contribution < 1.29 is 14.3 Å². The van der Waals surface area contributed by atoms with Crippen molar-refractivity contribution in [3.63, 3.8) is 0 Å². The molecule has 0 aliphatic rings. The van der Waals surface area contributed by atoms with Gasteiger partial charge in [0.2, 0.25) is 0 Å². The quantitative estimate of drug-likeness (QED) is 0.496. The first-order chi connectivity index (χ1) is 14.8. The number of anilines is 2. The summed E-state index contributed by atoms with van der Waals surface area (Å²) in [5.74, 6) is 1.56.